The van der Waals surface area contributed by atoms with Crippen molar-refractivity contribution in [3.05, 3.63) is 0 Å². The van der Waals surface area contributed by atoms with Crippen LogP contribution in [0.2, 0.25) is 0 Å². The minimum atomic E-state index is -3.15. The predicted molar refractivity (Wildman–Crippen MR) is 63.6 cm³/mol. The molecular weight excluding hydrogens is 226 g/mol. The van der Waals surface area contributed by atoms with Crippen molar-refractivity contribution in [3.63, 3.8) is 0 Å². The fraction of sp³-hybridized carbons (Fsp3) is 1.00. The summed E-state index contributed by atoms with van der Waals surface area (Å²) in [5.41, 5.74) is 5.26. The summed E-state index contributed by atoms with van der Waals surface area (Å²) in [4.78, 5) is 2.48. The lowest BCUT2D eigenvalue weighted by Crippen LogP contribution is -2.46. The molecule has 2 fully saturated rings. The number of rotatable bonds is 5. The van der Waals surface area contributed by atoms with E-state index in [1.165, 1.54) is 12.8 Å². The van der Waals surface area contributed by atoms with Gasteiger partial charge in [-0.1, -0.05) is 0 Å². The summed E-state index contributed by atoms with van der Waals surface area (Å²) in [7, 11) is -3.15. The zero-order valence-electron chi connectivity index (χ0n) is 9.56. The molecule has 94 valence electrons. The van der Waals surface area contributed by atoms with E-state index in [2.05, 4.69) is 9.62 Å². The lowest BCUT2D eigenvalue weighted by Gasteiger charge is -2.32. The molecule has 0 aromatic heterocycles. The first-order chi connectivity index (χ1) is 7.61. The molecular formula is C10H21N3O2S. The Morgan fingerprint density at radius 3 is 2.31 bits per heavy atom. The third-order valence-corrected chi connectivity index (χ3v) is 4.79. The van der Waals surface area contributed by atoms with Crippen molar-refractivity contribution < 1.29 is 8.42 Å². The lowest BCUT2D eigenvalue weighted by atomic mass is 10.1. The number of likely N-dealkylation sites (tertiary alicyclic amines) is 1. The summed E-state index contributed by atoms with van der Waals surface area (Å²) in [6.45, 7) is 2.25. The SMILES string of the molecule is NCCS(=O)(=O)NC1CCN(C2CC2)CC1. The van der Waals surface area contributed by atoms with Crippen LogP contribution in [-0.2, 0) is 10.0 Å². The van der Waals surface area contributed by atoms with Gasteiger partial charge in [-0.3, -0.25) is 0 Å². The van der Waals surface area contributed by atoms with Crippen molar-refractivity contribution in [2.75, 3.05) is 25.4 Å². The minimum absolute atomic E-state index is 0.0375. The quantitative estimate of drug-likeness (QED) is 0.686. The van der Waals surface area contributed by atoms with Gasteiger partial charge in [0.25, 0.3) is 0 Å². The van der Waals surface area contributed by atoms with Crippen LogP contribution in [0.15, 0.2) is 0 Å². The Morgan fingerprint density at radius 2 is 1.81 bits per heavy atom. The number of nitrogens with two attached hydrogens (primary N) is 1. The van der Waals surface area contributed by atoms with E-state index in [1.54, 1.807) is 0 Å². The highest BCUT2D eigenvalue weighted by Gasteiger charge is 2.32. The van der Waals surface area contributed by atoms with Crippen LogP contribution in [-0.4, -0.2) is 50.8 Å². The molecule has 0 bridgehead atoms. The van der Waals surface area contributed by atoms with Crippen LogP contribution in [0, 0.1) is 0 Å². The van der Waals surface area contributed by atoms with Crippen LogP contribution >= 0.6 is 0 Å². The molecule has 0 unspecified atom stereocenters. The zero-order chi connectivity index (χ0) is 11.6. The molecule has 1 heterocycles. The Hall–Kier alpha value is -0.170. The Bertz CT molecular complexity index is 319. The number of nitrogens with one attached hydrogen (secondary N) is 1. The summed E-state index contributed by atoms with van der Waals surface area (Å²) in [6.07, 6.45) is 4.51. The average molecular weight is 247 g/mol. The first kappa shape index (κ1) is 12.3. The van der Waals surface area contributed by atoms with E-state index in [1.807, 2.05) is 0 Å². The van der Waals surface area contributed by atoms with Gasteiger partial charge in [0.1, 0.15) is 0 Å². The number of sulfonamides is 1. The zero-order valence-corrected chi connectivity index (χ0v) is 10.4. The van der Waals surface area contributed by atoms with Gasteiger partial charge in [0.05, 0.1) is 5.75 Å². The van der Waals surface area contributed by atoms with Gasteiger partial charge in [0.2, 0.25) is 10.0 Å². The highest BCUT2D eigenvalue weighted by Crippen LogP contribution is 2.29. The summed E-state index contributed by atoms with van der Waals surface area (Å²) >= 11 is 0. The van der Waals surface area contributed by atoms with Crippen LogP contribution in [0.4, 0.5) is 0 Å². The topological polar surface area (TPSA) is 75.4 Å². The van der Waals surface area contributed by atoms with E-state index in [-0.39, 0.29) is 18.3 Å². The number of nitrogens with zero attached hydrogens (tertiary/aromatic N) is 1. The predicted octanol–water partition coefficient (Wildman–Crippen LogP) is -0.509. The summed E-state index contributed by atoms with van der Waals surface area (Å²) in [6, 6.07) is 0.910. The largest absolute Gasteiger partial charge is 0.329 e. The maximum absolute atomic E-state index is 11.5. The van der Waals surface area contributed by atoms with Crippen LogP contribution in [0.5, 0.6) is 0 Å². The molecule has 0 aromatic rings. The molecule has 16 heavy (non-hydrogen) atoms. The van der Waals surface area contributed by atoms with E-state index >= 15 is 0 Å². The third kappa shape index (κ3) is 3.41. The van der Waals surface area contributed by atoms with Gasteiger partial charge >= 0.3 is 0 Å². The first-order valence-electron chi connectivity index (χ1n) is 6.05. The maximum Gasteiger partial charge on any atom is 0.213 e. The molecule has 0 radical (unpaired) electrons. The molecule has 1 saturated heterocycles. The summed E-state index contributed by atoms with van der Waals surface area (Å²) in [5.74, 6) is 0.0375. The molecule has 1 aliphatic carbocycles. The van der Waals surface area contributed by atoms with E-state index in [9.17, 15) is 8.42 Å². The second-order valence-corrected chi connectivity index (χ2v) is 6.64. The van der Waals surface area contributed by atoms with Crippen LogP contribution < -0.4 is 10.5 Å². The monoisotopic (exact) mass is 247 g/mol. The summed E-state index contributed by atoms with van der Waals surface area (Å²) in [5, 5.41) is 0. The second-order valence-electron chi connectivity index (χ2n) is 4.77. The van der Waals surface area contributed by atoms with E-state index < -0.39 is 10.0 Å². The van der Waals surface area contributed by atoms with Gasteiger partial charge in [0.15, 0.2) is 0 Å². The Balaban J connectivity index is 1.76. The molecule has 3 N–H and O–H groups in total. The van der Waals surface area contributed by atoms with Gasteiger partial charge in [-0.05, 0) is 38.8 Å². The number of hydrogen-bond donors (Lipinski definition) is 2. The molecule has 2 rings (SSSR count). The van der Waals surface area contributed by atoms with Crippen LogP contribution in [0.1, 0.15) is 25.7 Å². The van der Waals surface area contributed by atoms with E-state index in [0.717, 1.165) is 32.0 Å². The van der Waals surface area contributed by atoms with Gasteiger partial charge in [-0.25, -0.2) is 13.1 Å². The van der Waals surface area contributed by atoms with Gasteiger partial charge < -0.3 is 10.6 Å². The van der Waals surface area contributed by atoms with Gasteiger partial charge in [-0.2, -0.15) is 0 Å². The lowest BCUT2D eigenvalue weighted by molar-refractivity contribution is 0.199. The number of piperidine rings is 1. The Labute approximate surface area is 97.4 Å². The molecule has 2 aliphatic rings. The minimum Gasteiger partial charge on any atom is -0.329 e. The van der Waals surface area contributed by atoms with E-state index in [0.29, 0.717) is 0 Å². The molecule has 6 heteroatoms. The molecule has 1 aliphatic heterocycles. The molecule has 0 atom stereocenters. The fourth-order valence-electron chi connectivity index (χ4n) is 2.29. The third-order valence-electron chi connectivity index (χ3n) is 3.33. The summed E-state index contributed by atoms with van der Waals surface area (Å²) < 4.78 is 25.8. The molecule has 0 spiro atoms. The van der Waals surface area contributed by atoms with Crippen molar-refractivity contribution in [2.24, 2.45) is 5.73 Å². The average Bonchev–Trinajstić information content (AvgIpc) is 3.01. The molecule has 5 nitrogen and oxygen atoms in total. The van der Waals surface area contributed by atoms with Gasteiger partial charge in [0, 0.05) is 18.6 Å². The van der Waals surface area contributed by atoms with Crippen molar-refractivity contribution in [1.29, 1.82) is 0 Å². The Kier molecular flexibility index (Phi) is 3.84. The van der Waals surface area contributed by atoms with Crippen molar-refractivity contribution >= 4 is 10.0 Å². The standard InChI is InChI=1S/C10H21N3O2S/c11-5-8-16(14,15)12-9-3-6-13(7-4-9)10-1-2-10/h9-10,12H,1-8,11H2. The van der Waals surface area contributed by atoms with Crippen molar-refractivity contribution in [3.8, 4) is 0 Å². The van der Waals surface area contributed by atoms with Crippen molar-refractivity contribution in [2.45, 2.75) is 37.8 Å². The molecule has 0 amide bonds. The van der Waals surface area contributed by atoms with Crippen LogP contribution in [0.25, 0.3) is 0 Å². The van der Waals surface area contributed by atoms with Crippen LogP contribution in [0.3, 0.4) is 0 Å². The highest BCUT2D eigenvalue weighted by atomic mass is 32.2. The van der Waals surface area contributed by atoms with Gasteiger partial charge in [-0.15, -0.1) is 0 Å². The maximum atomic E-state index is 11.5. The normalized spacial score (nSPS) is 24.8. The molecule has 0 aromatic carbocycles. The van der Waals surface area contributed by atoms with E-state index in [4.69, 9.17) is 5.73 Å². The fourth-order valence-corrected chi connectivity index (χ4v) is 3.46. The smallest absolute Gasteiger partial charge is 0.213 e. The Morgan fingerprint density at radius 1 is 1.19 bits per heavy atom. The second kappa shape index (κ2) is 5.00. The first-order valence-corrected chi connectivity index (χ1v) is 7.70. The highest BCUT2D eigenvalue weighted by molar-refractivity contribution is 7.89. The molecule has 1 saturated carbocycles. The van der Waals surface area contributed by atoms with Crippen molar-refractivity contribution in [1.82, 2.24) is 9.62 Å². The number of hydrogen-bond acceptors (Lipinski definition) is 4.